The highest BCUT2D eigenvalue weighted by Gasteiger charge is 2.22. The summed E-state index contributed by atoms with van der Waals surface area (Å²) in [5, 5.41) is 4.99. The van der Waals surface area contributed by atoms with Crippen LogP contribution in [0.4, 0.5) is 0 Å². The van der Waals surface area contributed by atoms with Gasteiger partial charge in [-0.3, -0.25) is 0 Å². The fourth-order valence-corrected chi connectivity index (χ4v) is 4.14. The summed E-state index contributed by atoms with van der Waals surface area (Å²) in [5.74, 6) is 0.0638. The molecule has 0 unspecified atom stereocenters. The van der Waals surface area contributed by atoms with Crippen molar-refractivity contribution in [3.8, 4) is 11.3 Å². The van der Waals surface area contributed by atoms with Crippen LogP contribution >= 0.6 is 0 Å². The number of rotatable bonds is 4. The maximum absolute atomic E-state index is 4.99. The standard InChI is InChI=1S/C28H25N3/c1-19-9-13-23(14-10-19)28(24-15-11-20(2)12-16-24)26-17-21(3)29-27-18-25(30-31(26)27)22-7-5-4-6-8-22/h4-18,28H,1-3H3. The second-order valence-corrected chi connectivity index (χ2v) is 8.24. The Morgan fingerprint density at radius 3 is 1.84 bits per heavy atom. The smallest absolute Gasteiger partial charge is 0.156 e. The van der Waals surface area contributed by atoms with Crippen molar-refractivity contribution in [1.82, 2.24) is 14.6 Å². The molecule has 5 aromatic rings. The zero-order valence-corrected chi connectivity index (χ0v) is 18.1. The fraction of sp³-hybridized carbons (Fsp3) is 0.143. The zero-order valence-electron chi connectivity index (χ0n) is 18.1. The second kappa shape index (κ2) is 7.84. The highest BCUT2D eigenvalue weighted by atomic mass is 15.3. The molecule has 0 bridgehead atoms. The lowest BCUT2D eigenvalue weighted by atomic mass is 9.87. The van der Waals surface area contributed by atoms with Crippen LogP contribution in [0.25, 0.3) is 16.9 Å². The van der Waals surface area contributed by atoms with E-state index in [-0.39, 0.29) is 5.92 Å². The van der Waals surface area contributed by atoms with Crippen LogP contribution in [0, 0.1) is 20.8 Å². The van der Waals surface area contributed by atoms with Crippen molar-refractivity contribution in [2.24, 2.45) is 0 Å². The molecule has 5 rings (SSSR count). The van der Waals surface area contributed by atoms with Gasteiger partial charge in [0.05, 0.1) is 17.3 Å². The van der Waals surface area contributed by atoms with E-state index in [1.54, 1.807) is 0 Å². The van der Waals surface area contributed by atoms with Crippen LogP contribution in [0.1, 0.15) is 39.6 Å². The molecule has 2 aromatic heterocycles. The minimum Gasteiger partial charge on any atom is -0.234 e. The Kier molecular flexibility index (Phi) is 4.87. The van der Waals surface area contributed by atoms with Crippen LogP contribution < -0.4 is 0 Å². The summed E-state index contributed by atoms with van der Waals surface area (Å²) in [4.78, 5) is 4.78. The number of fused-ring (bicyclic) bond motifs is 1. The van der Waals surface area contributed by atoms with Gasteiger partial charge in [0.1, 0.15) is 0 Å². The van der Waals surface area contributed by atoms with Gasteiger partial charge in [-0.05, 0) is 38.0 Å². The monoisotopic (exact) mass is 403 g/mol. The van der Waals surface area contributed by atoms with Gasteiger partial charge in [0.25, 0.3) is 0 Å². The van der Waals surface area contributed by atoms with E-state index in [4.69, 9.17) is 10.1 Å². The number of hydrogen-bond donors (Lipinski definition) is 0. The number of nitrogens with zero attached hydrogens (tertiary/aromatic N) is 3. The van der Waals surface area contributed by atoms with E-state index in [0.717, 1.165) is 28.3 Å². The molecule has 0 amide bonds. The first kappa shape index (κ1) is 19.3. The average molecular weight is 404 g/mol. The molecule has 0 radical (unpaired) electrons. The van der Waals surface area contributed by atoms with Crippen LogP contribution in [0.3, 0.4) is 0 Å². The molecular weight excluding hydrogens is 378 g/mol. The van der Waals surface area contributed by atoms with Crippen molar-refractivity contribution in [2.75, 3.05) is 0 Å². The fourth-order valence-electron chi connectivity index (χ4n) is 4.14. The van der Waals surface area contributed by atoms with Crippen LogP contribution in [0.2, 0.25) is 0 Å². The molecular formula is C28H25N3. The van der Waals surface area contributed by atoms with Crippen molar-refractivity contribution in [2.45, 2.75) is 26.7 Å². The number of hydrogen-bond acceptors (Lipinski definition) is 2. The van der Waals surface area contributed by atoms with Crippen LogP contribution in [0.15, 0.2) is 91.0 Å². The molecule has 152 valence electrons. The molecule has 0 aliphatic rings. The number of benzene rings is 3. The van der Waals surface area contributed by atoms with Crippen molar-refractivity contribution < 1.29 is 0 Å². The topological polar surface area (TPSA) is 30.2 Å². The van der Waals surface area contributed by atoms with Gasteiger partial charge in [0.2, 0.25) is 0 Å². The third-order valence-corrected chi connectivity index (χ3v) is 5.77. The second-order valence-electron chi connectivity index (χ2n) is 8.24. The van der Waals surface area contributed by atoms with Crippen LogP contribution in [0.5, 0.6) is 0 Å². The van der Waals surface area contributed by atoms with Crippen molar-refractivity contribution >= 4 is 5.65 Å². The Balaban J connectivity index is 1.75. The van der Waals surface area contributed by atoms with Gasteiger partial charge in [0.15, 0.2) is 5.65 Å². The zero-order chi connectivity index (χ0) is 21.4. The Morgan fingerprint density at radius 1 is 0.677 bits per heavy atom. The van der Waals surface area contributed by atoms with Gasteiger partial charge in [-0.1, -0.05) is 90.0 Å². The lowest BCUT2D eigenvalue weighted by molar-refractivity contribution is 0.801. The quantitative estimate of drug-likeness (QED) is 0.343. The molecule has 0 aliphatic carbocycles. The molecule has 0 N–H and O–H groups in total. The minimum absolute atomic E-state index is 0.0638. The molecule has 31 heavy (non-hydrogen) atoms. The summed E-state index contributed by atoms with van der Waals surface area (Å²) >= 11 is 0. The highest BCUT2D eigenvalue weighted by molar-refractivity contribution is 5.64. The first-order valence-corrected chi connectivity index (χ1v) is 10.6. The van der Waals surface area contributed by atoms with Gasteiger partial charge >= 0.3 is 0 Å². The van der Waals surface area contributed by atoms with Gasteiger partial charge in [0, 0.05) is 17.3 Å². The molecule has 0 aliphatic heterocycles. The summed E-state index contributed by atoms with van der Waals surface area (Å²) in [6.45, 7) is 6.30. The maximum atomic E-state index is 4.99. The summed E-state index contributed by atoms with van der Waals surface area (Å²) in [7, 11) is 0. The summed E-state index contributed by atoms with van der Waals surface area (Å²) in [6, 6.07) is 32.2. The lowest BCUT2D eigenvalue weighted by Gasteiger charge is -2.20. The van der Waals surface area contributed by atoms with Gasteiger partial charge in [-0.25, -0.2) is 9.50 Å². The molecule has 0 spiro atoms. The van der Waals surface area contributed by atoms with E-state index in [1.165, 1.54) is 22.3 Å². The number of aromatic nitrogens is 3. The van der Waals surface area contributed by atoms with Gasteiger partial charge in [-0.2, -0.15) is 5.10 Å². The summed E-state index contributed by atoms with van der Waals surface area (Å²) in [5.41, 5.74) is 10.0. The normalized spacial score (nSPS) is 11.4. The molecule has 3 heteroatoms. The van der Waals surface area contributed by atoms with Crippen molar-refractivity contribution in [3.05, 3.63) is 125 Å². The summed E-state index contributed by atoms with van der Waals surface area (Å²) < 4.78 is 2.01. The molecule has 3 nitrogen and oxygen atoms in total. The molecule has 0 saturated heterocycles. The first-order valence-electron chi connectivity index (χ1n) is 10.6. The van der Waals surface area contributed by atoms with E-state index < -0.39 is 0 Å². The third kappa shape index (κ3) is 3.75. The molecule has 3 aromatic carbocycles. The molecule has 0 atom stereocenters. The highest BCUT2D eigenvalue weighted by Crippen LogP contribution is 2.33. The SMILES string of the molecule is Cc1ccc(C(c2ccc(C)cc2)c2cc(C)nc3cc(-c4ccccc4)nn23)cc1. The molecule has 0 saturated carbocycles. The largest absolute Gasteiger partial charge is 0.234 e. The van der Waals surface area contributed by atoms with E-state index in [0.29, 0.717) is 0 Å². The lowest BCUT2D eigenvalue weighted by Crippen LogP contribution is -2.11. The maximum Gasteiger partial charge on any atom is 0.156 e. The molecule has 0 fully saturated rings. The van der Waals surface area contributed by atoms with E-state index in [9.17, 15) is 0 Å². The Labute approximate surface area is 183 Å². The van der Waals surface area contributed by atoms with Gasteiger partial charge in [-0.15, -0.1) is 0 Å². The number of aryl methyl sites for hydroxylation is 3. The average Bonchev–Trinajstić information content (AvgIpc) is 3.21. The van der Waals surface area contributed by atoms with Crippen LogP contribution in [-0.4, -0.2) is 14.6 Å². The molecule has 2 heterocycles. The minimum atomic E-state index is 0.0638. The Hall–Kier alpha value is -3.72. The summed E-state index contributed by atoms with van der Waals surface area (Å²) in [6.07, 6.45) is 0. The van der Waals surface area contributed by atoms with Crippen LogP contribution in [-0.2, 0) is 0 Å². The predicted octanol–water partition coefficient (Wildman–Crippen LogP) is 6.50. The van der Waals surface area contributed by atoms with E-state index in [1.807, 2.05) is 22.7 Å². The van der Waals surface area contributed by atoms with Crippen molar-refractivity contribution in [3.63, 3.8) is 0 Å². The van der Waals surface area contributed by atoms with E-state index in [2.05, 4.69) is 93.6 Å². The Bertz CT molecular complexity index is 1290. The van der Waals surface area contributed by atoms with Crippen molar-refractivity contribution in [1.29, 1.82) is 0 Å². The first-order chi connectivity index (χ1) is 15.1. The van der Waals surface area contributed by atoms with E-state index >= 15 is 0 Å². The van der Waals surface area contributed by atoms with Gasteiger partial charge < -0.3 is 0 Å². The third-order valence-electron chi connectivity index (χ3n) is 5.77. The Morgan fingerprint density at radius 2 is 1.26 bits per heavy atom. The predicted molar refractivity (Wildman–Crippen MR) is 126 cm³/mol.